The number of Topliss-reactive ketones (excluding diaryl/α,β-unsaturated/α-hetero) is 1. The van der Waals surface area contributed by atoms with Gasteiger partial charge in [0, 0.05) is 16.3 Å². The summed E-state index contributed by atoms with van der Waals surface area (Å²) in [7, 11) is 1.53. The Kier molecular flexibility index (Phi) is 7.05. The molecule has 3 aromatic carbocycles. The van der Waals surface area contributed by atoms with E-state index < -0.39 is 17.7 Å². The maximum atomic E-state index is 13.3. The van der Waals surface area contributed by atoms with Crippen molar-refractivity contribution in [1.29, 1.82) is 0 Å². The van der Waals surface area contributed by atoms with Crippen LogP contribution in [-0.4, -0.2) is 30.5 Å². The molecule has 4 rings (SSSR count). The molecule has 0 saturated carbocycles. The fourth-order valence-corrected chi connectivity index (χ4v) is 4.38. The van der Waals surface area contributed by atoms with E-state index in [9.17, 15) is 14.7 Å². The number of hydrogen-bond acceptors (Lipinski definition) is 5. The molecule has 0 aliphatic carbocycles. The zero-order valence-electron chi connectivity index (χ0n) is 19.3. The van der Waals surface area contributed by atoms with E-state index in [4.69, 9.17) is 32.7 Å². The summed E-state index contributed by atoms with van der Waals surface area (Å²) in [6, 6.07) is 15.9. The number of carbonyl (C=O) groups excluding carboxylic acids is 2. The molecule has 1 N–H and O–H groups in total. The maximum absolute atomic E-state index is 13.3. The van der Waals surface area contributed by atoms with Crippen molar-refractivity contribution in [1.82, 2.24) is 0 Å². The quantitative estimate of drug-likeness (QED) is 0.237. The molecule has 3 aromatic rings. The Labute approximate surface area is 213 Å². The number of amides is 1. The number of ketones is 1. The van der Waals surface area contributed by atoms with E-state index in [0.717, 1.165) is 5.56 Å². The Bertz CT molecular complexity index is 1350. The van der Waals surface area contributed by atoms with Gasteiger partial charge in [0.05, 0.1) is 30.4 Å². The minimum atomic E-state index is -0.921. The van der Waals surface area contributed by atoms with E-state index >= 15 is 0 Å². The highest BCUT2D eigenvalue weighted by Crippen LogP contribution is 2.44. The van der Waals surface area contributed by atoms with E-state index in [1.807, 2.05) is 13.8 Å². The molecule has 8 heteroatoms. The minimum absolute atomic E-state index is 0.0651. The maximum Gasteiger partial charge on any atom is 0.300 e. The van der Waals surface area contributed by atoms with Crippen LogP contribution in [0.1, 0.15) is 29.7 Å². The van der Waals surface area contributed by atoms with Crippen molar-refractivity contribution in [2.24, 2.45) is 0 Å². The first-order chi connectivity index (χ1) is 16.8. The second-order valence-corrected chi connectivity index (χ2v) is 8.77. The SMILES string of the molecule is CCOc1cc(/C(O)=C2\C(=O)C(=O)N(c3ccc(C)c(Cl)c3)C2c2cccc(OC)c2)ccc1Cl. The molecular formula is C27H23Cl2NO5. The molecule has 0 radical (unpaired) electrons. The van der Waals surface area contributed by atoms with Gasteiger partial charge in [-0.15, -0.1) is 0 Å². The van der Waals surface area contributed by atoms with Gasteiger partial charge in [-0.3, -0.25) is 14.5 Å². The Morgan fingerprint density at radius 3 is 2.49 bits per heavy atom. The molecule has 1 aliphatic rings. The Morgan fingerprint density at radius 1 is 1.03 bits per heavy atom. The molecule has 1 aliphatic heterocycles. The number of nitrogens with zero attached hydrogens (tertiary/aromatic N) is 1. The zero-order valence-corrected chi connectivity index (χ0v) is 20.9. The molecule has 1 atom stereocenters. The van der Waals surface area contributed by atoms with Crippen LogP contribution in [0.3, 0.4) is 0 Å². The molecule has 1 amide bonds. The van der Waals surface area contributed by atoms with Crippen LogP contribution in [0.5, 0.6) is 11.5 Å². The van der Waals surface area contributed by atoms with Crippen LogP contribution in [0.2, 0.25) is 10.0 Å². The first kappa shape index (κ1) is 24.6. The lowest BCUT2D eigenvalue weighted by molar-refractivity contribution is -0.132. The van der Waals surface area contributed by atoms with Crippen molar-refractivity contribution < 1.29 is 24.2 Å². The molecule has 0 spiro atoms. The van der Waals surface area contributed by atoms with Crippen LogP contribution in [0, 0.1) is 6.92 Å². The van der Waals surface area contributed by atoms with Crippen LogP contribution in [-0.2, 0) is 9.59 Å². The van der Waals surface area contributed by atoms with Gasteiger partial charge in [-0.05, 0) is 67.4 Å². The molecule has 0 aromatic heterocycles. The molecule has 1 fully saturated rings. The summed E-state index contributed by atoms with van der Waals surface area (Å²) in [5, 5.41) is 12.2. The van der Waals surface area contributed by atoms with Gasteiger partial charge in [-0.25, -0.2) is 0 Å². The van der Waals surface area contributed by atoms with Gasteiger partial charge in [-0.1, -0.05) is 41.4 Å². The third-order valence-electron chi connectivity index (χ3n) is 5.79. The highest BCUT2D eigenvalue weighted by Gasteiger charge is 2.47. The molecular weight excluding hydrogens is 489 g/mol. The summed E-state index contributed by atoms with van der Waals surface area (Å²) in [6.07, 6.45) is 0. The first-order valence-electron chi connectivity index (χ1n) is 10.9. The van der Waals surface area contributed by atoms with E-state index in [1.54, 1.807) is 60.7 Å². The summed E-state index contributed by atoms with van der Waals surface area (Å²) in [6.45, 7) is 4.02. The summed E-state index contributed by atoms with van der Waals surface area (Å²) in [5.74, 6) is -1.04. The lowest BCUT2D eigenvalue weighted by Crippen LogP contribution is -2.29. The average molecular weight is 512 g/mol. The van der Waals surface area contributed by atoms with E-state index in [1.165, 1.54) is 12.0 Å². The number of methoxy groups -OCH3 is 1. The number of rotatable bonds is 6. The van der Waals surface area contributed by atoms with Crippen molar-refractivity contribution in [3.63, 3.8) is 0 Å². The fourth-order valence-electron chi connectivity index (χ4n) is 4.03. The first-order valence-corrected chi connectivity index (χ1v) is 11.7. The molecule has 180 valence electrons. The zero-order chi connectivity index (χ0) is 25.3. The molecule has 0 bridgehead atoms. The number of halogens is 2. The largest absolute Gasteiger partial charge is 0.507 e. The second kappa shape index (κ2) is 10.0. The van der Waals surface area contributed by atoms with Gasteiger partial charge in [0.25, 0.3) is 11.7 Å². The molecule has 35 heavy (non-hydrogen) atoms. The highest BCUT2D eigenvalue weighted by molar-refractivity contribution is 6.52. The van der Waals surface area contributed by atoms with Gasteiger partial charge < -0.3 is 14.6 Å². The second-order valence-electron chi connectivity index (χ2n) is 7.96. The number of carbonyl (C=O) groups is 2. The molecule has 1 unspecified atom stereocenters. The number of aryl methyl sites for hydroxylation is 1. The van der Waals surface area contributed by atoms with Crippen LogP contribution in [0.25, 0.3) is 5.76 Å². The van der Waals surface area contributed by atoms with Crippen molar-refractivity contribution in [3.8, 4) is 11.5 Å². The average Bonchev–Trinajstić information content (AvgIpc) is 3.12. The normalized spacial score (nSPS) is 17.1. The topological polar surface area (TPSA) is 76.1 Å². The number of aliphatic hydroxyl groups is 1. The highest BCUT2D eigenvalue weighted by atomic mass is 35.5. The van der Waals surface area contributed by atoms with Gasteiger partial charge >= 0.3 is 0 Å². The molecule has 1 heterocycles. The third kappa shape index (κ3) is 4.59. The Hall–Kier alpha value is -3.48. The van der Waals surface area contributed by atoms with Crippen molar-refractivity contribution >= 4 is 46.3 Å². The number of anilines is 1. The smallest absolute Gasteiger partial charge is 0.300 e. The summed E-state index contributed by atoms with van der Waals surface area (Å²) >= 11 is 12.5. The van der Waals surface area contributed by atoms with E-state index in [0.29, 0.717) is 45.0 Å². The predicted molar refractivity (Wildman–Crippen MR) is 137 cm³/mol. The fraction of sp³-hybridized carbons (Fsp3) is 0.185. The summed E-state index contributed by atoms with van der Waals surface area (Å²) in [4.78, 5) is 28.0. The number of aliphatic hydroxyl groups excluding tert-OH is 1. The van der Waals surface area contributed by atoms with Crippen LogP contribution >= 0.6 is 23.2 Å². The standard InChI is InChI=1S/C27H23Cl2NO5/c1-4-35-22-13-17(9-11-20(22)28)25(31)23-24(16-6-5-7-19(12-16)34-3)30(27(33)26(23)32)18-10-8-15(2)21(29)14-18/h5-14,24,31H,4H2,1-3H3/b25-23+. The Morgan fingerprint density at radius 2 is 1.80 bits per heavy atom. The monoisotopic (exact) mass is 511 g/mol. The van der Waals surface area contributed by atoms with Gasteiger partial charge in [0.15, 0.2) is 0 Å². The van der Waals surface area contributed by atoms with Crippen LogP contribution in [0.15, 0.2) is 66.2 Å². The van der Waals surface area contributed by atoms with Gasteiger partial charge in [0.1, 0.15) is 17.3 Å². The summed E-state index contributed by atoms with van der Waals surface area (Å²) < 4.78 is 10.9. The molecule has 1 saturated heterocycles. The number of ether oxygens (including phenoxy) is 2. The minimum Gasteiger partial charge on any atom is -0.507 e. The lowest BCUT2D eigenvalue weighted by atomic mass is 9.95. The van der Waals surface area contributed by atoms with Gasteiger partial charge in [-0.2, -0.15) is 0 Å². The van der Waals surface area contributed by atoms with Gasteiger partial charge in [0.2, 0.25) is 0 Å². The van der Waals surface area contributed by atoms with Crippen LogP contribution in [0.4, 0.5) is 5.69 Å². The lowest BCUT2D eigenvalue weighted by Gasteiger charge is -2.26. The Balaban J connectivity index is 1.95. The van der Waals surface area contributed by atoms with Crippen molar-refractivity contribution in [2.45, 2.75) is 19.9 Å². The summed E-state index contributed by atoms with van der Waals surface area (Å²) in [5.41, 5.74) is 2.08. The van der Waals surface area contributed by atoms with Crippen LogP contribution < -0.4 is 14.4 Å². The van der Waals surface area contributed by atoms with Crippen molar-refractivity contribution in [2.75, 3.05) is 18.6 Å². The third-order valence-corrected chi connectivity index (χ3v) is 6.51. The number of hydrogen-bond donors (Lipinski definition) is 1. The van der Waals surface area contributed by atoms with Crippen molar-refractivity contribution in [3.05, 3.63) is 93.0 Å². The van der Waals surface area contributed by atoms with E-state index in [-0.39, 0.29) is 11.3 Å². The van der Waals surface area contributed by atoms with E-state index in [2.05, 4.69) is 0 Å². The number of benzene rings is 3. The predicted octanol–water partition coefficient (Wildman–Crippen LogP) is 6.34. The molecule has 6 nitrogen and oxygen atoms in total.